The van der Waals surface area contributed by atoms with Crippen LogP contribution in [0.25, 0.3) is 10.2 Å². The maximum atomic E-state index is 8.38. The van der Waals surface area contributed by atoms with Crippen LogP contribution in [-0.4, -0.2) is 11.5 Å². The molecule has 0 aliphatic carbocycles. The van der Waals surface area contributed by atoms with Crippen molar-refractivity contribution in [2.75, 3.05) is 11.9 Å². The van der Waals surface area contributed by atoms with Gasteiger partial charge in [0.1, 0.15) is 6.54 Å². The van der Waals surface area contributed by atoms with Crippen LogP contribution < -0.4 is 5.32 Å². The van der Waals surface area contributed by atoms with Crippen LogP contribution in [0.3, 0.4) is 0 Å². The fraction of sp³-hybridized carbons (Fsp3) is 0.111. The van der Waals surface area contributed by atoms with E-state index in [0.29, 0.717) is 6.54 Å². The Labute approximate surface area is 79.6 Å². The summed E-state index contributed by atoms with van der Waals surface area (Å²) >= 11 is 1.60. The van der Waals surface area contributed by atoms with Crippen LogP contribution in [0.5, 0.6) is 0 Å². The smallest absolute Gasteiger partial charge is 0.103 e. The van der Waals surface area contributed by atoms with Crippen LogP contribution in [-0.2, 0) is 0 Å². The lowest BCUT2D eigenvalue weighted by Gasteiger charge is -1.99. The molecule has 13 heavy (non-hydrogen) atoms. The molecule has 2 aromatic rings. The molecule has 0 saturated carbocycles. The van der Waals surface area contributed by atoms with Crippen molar-refractivity contribution in [2.45, 2.75) is 0 Å². The second-order valence-corrected chi connectivity index (χ2v) is 3.43. The average molecular weight is 189 g/mol. The Morgan fingerprint density at radius 2 is 2.46 bits per heavy atom. The fourth-order valence-electron chi connectivity index (χ4n) is 1.11. The largest absolute Gasteiger partial charge is 0.372 e. The van der Waals surface area contributed by atoms with Crippen molar-refractivity contribution >= 4 is 27.2 Å². The maximum Gasteiger partial charge on any atom is 0.103 e. The zero-order valence-electron chi connectivity index (χ0n) is 6.82. The van der Waals surface area contributed by atoms with Gasteiger partial charge in [-0.1, -0.05) is 0 Å². The van der Waals surface area contributed by atoms with E-state index in [1.807, 2.05) is 29.8 Å². The Bertz CT molecular complexity index is 455. The van der Waals surface area contributed by atoms with Crippen molar-refractivity contribution in [3.8, 4) is 6.07 Å². The molecule has 1 N–H and O–H groups in total. The van der Waals surface area contributed by atoms with E-state index in [2.05, 4.69) is 10.3 Å². The number of hydrogen-bond donors (Lipinski definition) is 1. The van der Waals surface area contributed by atoms with E-state index in [1.165, 1.54) is 0 Å². The van der Waals surface area contributed by atoms with Crippen molar-refractivity contribution in [2.24, 2.45) is 0 Å². The first-order chi connectivity index (χ1) is 6.40. The third-order valence-corrected chi connectivity index (χ3v) is 2.49. The van der Waals surface area contributed by atoms with Crippen LogP contribution >= 0.6 is 11.3 Å². The van der Waals surface area contributed by atoms with E-state index in [-0.39, 0.29) is 0 Å². The van der Waals surface area contributed by atoms with Gasteiger partial charge in [0.05, 0.1) is 21.8 Å². The van der Waals surface area contributed by atoms with Gasteiger partial charge in [-0.3, -0.25) is 0 Å². The van der Waals surface area contributed by atoms with E-state index in [1.54, 1.807) is 11.3 Å². The Morgan fingerprint density at radius 3 is 3.31 bits per heavy atom. The summed E-state index contributed by atoms with van der Waals surface area (Å²) in [4.78, 5) is 4.17. The number of benzene rings is 1. The summed E-state index contributed by atoms with van der Waals surface area (Å²) in [6.07, 6.45) is 0. The fourth-order valence-corrected chi connectivity index (χ4v) is 1.82. The minimum absolute atomic E-state index is 0.338. The molecule has 0 bridgehead atoms. The van der Waals surface area contributed by atoms with E-state index in [9.17, 15) is 0 Å². The molecule has 3 nitrogen and oxygen atoms in total. The SMILES string of the molecule is N#CCNc1ccc2ncsc2c1. The lowest BCUT2D eigenvalue weighted by molar-refractivity contribution is 1.32. The van der Waals surface area contributed by atoms with Crippen LogP contribution in [0.15, 0.2) is 23.7 Å². The molecule has 0 unspecified atom stereocenters. The third-order valence-electron chi connectivity index (χ3n) is 1.70. The first-order valence-electron chi connectivity index (χ1n) is 3.84. The number of nitrogens with one attached hydrogen (secondary N) is 1. The Hall–Kier alpha value is -1.60. The summed E-state index contributed by atoms with van der Waals surface area (Å²) < 4.78 is 1.14. The van der Waals surface area contributed by atoms with Crippen LogP contribution in [0, 0.1) is 11.3 Å². The van der Waals surface area contributed by atoms with Gasteiger partial charge < -0.3 is 5.32 Å². The normalized spacial score (nSPS) is 9.77. The van der Waals surface area contributed by atoms with Crippen LogP contribution in [0.4, 0.5) is 5.69 Å². The molecule has 1 aromatic carbocycles. The lowest BCUT2D eigenvalue weighted by Crippen LogP contribution is -1.97. The molecular weight excluding hydrogens is 182 g/mol. The summed E-state index contributed by atoms with van der Waals surface area (Å²) in [5.74, 6) is 0. The van der Waals surface area contributed by atoms with E-state index in [0.717, 1.165) is 15.9 Å². The van der Waals surface area contributed by atoms with Crippen molar-refractivity contribution in [1.29, 1.82) is 5.26 Å². The monoisotopic (exact) mass is 189 g/mol. The molecule has 2 rings (SSSR count). The second-order valence-electron chi connectivity index (χ2n) is 2.55. The first kappa shape index (κ1) is 8.02. The number of fused-ring (bicyclic) bond motifs is 1. The molecule has 1 heterocycles. The molecule has 1 aromatic heterocycles. The molecule has 0 spiro atoms. The number of nitrogens with zero attached hydrogens (tertiary/aromatic N) is 2. The topological polar surface area (TPSA) is 48.7 Å². The Balaban J connectivity index is 2.33. The summed E-state index contributed by atoms with van der Waals surface area (Å²) in [5, 5.41) is 11.4. The van der Waals surface area contributed by atoms with Gasteiger partial charge in [-0.15, -0.1) is 11.3 Å². The van der Waals surface area contributed by atoms with Gasteiger partial charge in [-0.05, 0) is 18.2 Å². The van der Waals surface area contributed by atoms with Gasteiger partial charge in [-0.2, -0.15) is 5.26 Å². The van der Waals surface area contributed by atoms with Gasteiger partial charge in [0.2, 0.25) is 0 Å². The van der Waals surface area contributed by atoms with Crippen LogP contribution in [0.1, 0.15) is 0 Å². The van der Waals surface area contributed by atoms with Gasteiger partial charge in [-0.25, -0.2) is 4.98 Å². The van der Waals surface area contributed by atoms with E-state index in [4.69, 9.17) is 5.26 Å². The Kier molecular flexibility index (Phi) is 2.11. The molecule has 0 saturated heterocycles. The molecule has 4 heteroatoms. The number of nitriles is 1. The summed E-state index contributed by atoms with van der Waals surface area (Å²) in [7, 11) is 0. The Morgan fingerprint density at radius 1 is 1.54 bits per heavy atom. The van der Waals surface area contributed by atoms with Gasteiger partial charge in [0, 0.05) is 5.69 Å². The van der Waals surface area contributed by atoms with Crippen molar-refractivity contribution in [3.05, 3.63) is 23.7 Å². The average Bonchev–Trinajstić information content (AvgIpc) is 2.61. The van der Waals surface area contributed by atoms with Crippen molar-refractivity contribution < 1.29 is 0 Å². The molecule has 0 aliphatic heterocycles. The molecule has 0 fully saturated rings. The number of aromatic nitrogens is 1. The maximum absolute atomic E-state index is 8.38. The highest BCUT2D eigenvalue weighted by atomic mass is 32.1. The zero-order valence-corrected chi connectivity index (χ0v) is 7.64. The quantitative estimate of drug-likeness (QED) is 0.737. The standard InChI is InChI=1S/C9H7N3S/c10-3-4-11-7-1-2-8-9(5-7)13-6-12-8/h1-2,5-6,11H,4H2. The lowest BCUT2D eigenvalue weighted by atomic mass is 10.3. The minimum atomic E-state index is 0.338. The van der Waals surface area contributed by atoms with Gasteiger partial charge in [0.25, 0.3) is 0 Å². The van der Waals surface area contributed by atoms with Crippen molar-refractivity contribution in [3.63, 3.8) is 0 Å². The first-order valence-corrected chi connectivity index (χ1v) is 4.72. The van der Waals surface area contributed by atoms with Gasteiger partial charge in [0.15, 0.2) is 0 Å². The minimum Gasteiger partial charge on any atom is -0.372 e. The highest BCUT2D eigenvalue weighted by Gasteiger charge is 1.97. The highest BCUT2D eigenvalue weighted by molar-refractivity contribution is 7.16. The summed E-state index contributed by atoms with van der Waals surface area (Å²) in [5.41, 5.74) is 3.80. The molecule has 0 radical (unpaired) electrons. The molecule has 0 aliphatic rings. The second kappa shape index (κ2) is 3.42. The van der Waals surface area contributed by atoms with Gasteiger partial charge >= 0.3 is 0 Å². The van der Waals surface area contributed by atoms with Crippen molar-refractivity contribution in [1.82, 2.24) is 4.98 Å². The predicted octanol–water partition coefficient (Wildman–Crippen LogP) is 2.23. The number of thiazole rings is 1. The molecular formula is C9H7N3S. The zero-order chi connectivity index (χ0) is 9.10. The number of hydrogen-bond acceptors (Lipinski definition) is 4. The molecule has 64 valence electrons. The van der Waals surface area contributed by atoms with Crippen LogP contribution in [0.2, 0.25) is 0 Å². The predicted molar refractivity (Wildman–Crippen MR) is 53.7 cm³/mol. The summed E-state index contributed by atoms with van der Waals surface area (Å²) in [6, 6.07) is 7.92. The highest BCUT2D eigenvalue weighted by Crippen LogP contribution is 2.21. The molecule has 0 atom stereocenters. The number of anilines is 1. The molecule has 0 amide bonds. The summed E-state index contributed by atoms with van der Waals surface area (Å²) in [6.45, 7) is 0.338. The number of rotatable bonds is 2. The third kappa shape index (κ3) is 1.60. The van der Waals surface area contributed by atoms with E-state index < -0.39 is 0 Å². The van der Waals surface area contributed by atoms with E-state index >= 15 is 0 Å².